The van der Waals surface area contributed by atoms with E-state index < -0.39 is 64.5 Å². The van der Waals surface area contributed by atoms with E-state index in [9.17, 15) is 29.3 Å². The maximum atomic E-state index is 12.7. The van der Waals surface area contributed by atoms with E-state index >= 15 is 0 Å². The van der Waals surface area contributed by atoms with Crippen LogP contribution < -0.4 is 0 Å². The van der Waals surface area contributed by atoms with E-state index in [1.165, 1.54) is 103 Å². The van der Waals surface area contributed by atoms with Crippen LogP contribution in [0.15, 0.2) is 72.9 Å². The summed E-state index contributed by atoms with van der Waals surface area (Å²) in [4.78, 5) is 35.2. The second-order valence-electron chi connectivity index (χ2n) is 17.3. The molecular formula is C53H93O11P. The summed E-state index contributed by atoms with van der Waals surface area (Å²) in [6.45, 7) is 4.47. The fourth-order valence-corrected chi connectivity index (χ4v) is 7.52. The van der Waals surface area contributed by atoms with E-state index in [2.05, 4.69) is 61.8 Å². The topological polar surface area (TPSA) is 169 Å². The van der Waals surface area contributed by atoms with Gasteiger partial charge in [-0.1, -0.05) is 216 Å². The van der Waals surface area contributed by atoms with Crippen molar-refractivity contribution in [3.63, 3.8) is 0 Å². The lowest BCUT2D eigenvalue weighted by Crippen LogP contribution is -2.29. The van der Waals surface area contributed by atoms with Gasteiger partial charge < -0.3 is 29.7 Å². The number of carbonyl (C=O) groups is 2. The molecule has 0 rings (SSSR count). The number of phosphoric acid groups is 1. The summed E-state index contributed by atoms with van der Waals surface area (Å²) in [7, 11) is -4.67. The van der Waals surface area contributed by atoms with E-state index in [0.717, 1.165) is 50.9 Å². The minimum absolute atomic E-state index is 0.0334. The normalized spacial score (nSPS) is 15.2. The highest BCUT2D eigenvalue weighted by Crippen LogP contribution is 2.43. The summed E-state index contributed by atoms with van der Waals surface area (Å²) in [5.74, 6) is -0.219. The predicted octanol–water partition coefficient (Wildman–Crippen LogP) is 13.2. The average molecular weight is 937 g/mol. The van der Waals surface area contributed by atoms with Crippen molar-refractivity contribution in [2.75, 3.05) is 26.4 Å². The van der Waals surface area contributed by atoms with Crippen molar-refractivity contribution < 1.29 is 52.9 Å². The summed E-state index contributed by atoms with van der Waals surface area (Å²) in [6.07, 6.45) is 50.4. The number of carbonyl (C=O) groups excluding carboxylic acids is 2. The third-order valence-electron chi connectivity index (χ3n) is 11.0. The van der Waals surface area contributed by atoms with Crippen LogP contribution in [0.3, 0.4) is 0 Å². The van der Waals surface area contributed by atoms with Gasteiger partial charge in [0.25, 0.3) is 0 Å². The van der Waals surface area contributed by atoms with Crippen LogP contribution in [0.2, 0.25) is 0 Å². The molecular weight excluding hydrogens is 844 g/mol. The monoisotopic (exact) mass is 937 g/mol. The molecule has 376 valence electrons. The maximum Gasteiger partial charge on any atom is 0.472 e. The molecule has 0 aromatic carbocycles. The first-order chi connectivity index (χ1) is 31.5. The molecule has 0 fully saturated rings. The molecule has 0 spiro atoms. The molecule has 0 aliphatic carbocycles. The van der Waals surface area contributed by atoms with Gasteiger partial charge in [-0.3, -0.25) is 18.6 Å². The van der Waals surface area contributed by atoms with Gasteiger partial charge in [0.2, 0.25) is 0 Å². The van der Waals surface area contributed by atoms with Crippen LogP contribution in [0.4, 0.5) is 0 Å². The second kappa shape index (κ2) is 46.5. The maximum absolute atomic E-state index is 12.7. The smallest absolute Gasteiger partial charge is 0.462 e. The number of aliphatic hydroxyl groups excluding tert-OH is 3. The Balaban J connectivity index is 4.36. The number of esters is 2. The SMILES string of the molecule is CC/C=C\C/C=C\C/C=C\C/C=C\C=C/C(O)C/C=C\CCC(=O)OC[C@H](COP(=O)(O)OC[C@@H](O)CO)OC(=O)CCCCCCCCCCCCCCCCCCCCC(C)CC. The van der Waals surface area contributed by atoms with Crippen LogP contribution in [-0.4, -0.2) is 76.9 Å². The van der Waals surface area contributed by atoms with E-state index in [1.807, 2.05) is 12.2 Å². The molecule has 0 saturated heterocycles. The van der Waals surface area contributed by atoms with E-state index in [-0.39, 0.29) is 12.8 Å². The first-order valence-corrected chi connectivity index (χ1v) is 26.9. The standard InChI is InChI=1S/C53H93O11P/c1-4-6-7-8-9-10-11-18-22-25-28-31-35-40-49(55)41-36-33-38-42-52(57)61-46-51(47-63-65(59,60)62-45-50(56)44-54)64-53(58)43-37-32-29-26-23-20-17-15-13-12-14-16-19-21-24-27-30-34-39-48(3)5-2/h6-7,9-10,18,22,28,31,33,35-36,40,48-51,54-56H,4-5,8,11-17,19-21,23-27,29-30,32,34,37-39,41-47H2,1-3H3,(H,59,60)/b7-6-,10-9-,22-18-,31-28-,36-33-,40-35-/t48?,49?,50-,51+/m0/s1. The molecule has 0 aliphatic rings. The van der Waals surface area contributed by atoms with E-state index in [1.54, 1.807) is 24.3 Å². The zero-order valence-electron chi connectivity index (χ0n) is 41.0. The summed E-state index contributed by atoms with van der Waals surface area (Å²) >= 11 is 0. The van der Waals surface area contributed by atoms with Gasteiger partial charge >= 0.3 is 19.8 Å². The zero-order valence-corrected chi connectivity index (χ0v) is 41.9. The van der Waals surface area contributed by atoms with E-state index in [4.69, 9.17) is 19.1 Å². The molecule has 0 aliphatic heterocycles. The highest BCUT2D eigenvalue weighted by Gasteiger charge is 2.27. The van der Waals surface area contributed by atoms with Crippen LogP contribution in [0.1, 0.15) is 201 Å². The molecule has 0 heterocycles. The van der Waals surface area contributed by atoms with Gasteiger partial charge in [-0.15, -0.1) is 0 Å². The Morgan fingerprint density at radius 1 is 0.585 bits per heavy atom. The first-order valence-electron chi connectivity index (χ1n) is 25.4. The van der Waals surface area contributed by atoms with Crippen molar-refractivity contribution in [2.45, 2.75) is 219 Å². The molecule has 0 aromatic rings. The summed E-state index contributed by atoms with van der Waals surface area (Å²) < 4.78 is 32.7. The van der Waals surface area contributed by atoms with Gasteiger partial charge in [-0.05, 0) is 50.9 Å². The molecule has 4 N–H and O–H groups in total. The molecule has 0 amide bonds. The number of aliphatic hydroxyl groups is 3. The first kappa shape index (κ1) is 62.4. The third kappa shape index (κ3) is 46.3. The molecule has 0 aromatic heterocycles. The lowest BCUT2D eigenvalue weighted by atomic mass is 9.99. The largest absolute Gasteiger partial charge is 0.472 e. The number of ether oxygens (including phenoxy) is 2. The predicted molar refractivity (Wildman–Crippen MR) is 266 cm³/mol. The van der Waals surface area contributed by atoms with Crippen molar-refractivity contribution in [3.8, 4) is 0 Å². The van der Waals surface area contributed by atoms with E-state index in [0.29, 0.717) is 19.3 Å². The van der Waals surface area contributed by atoms with Gasteiger partial charge in [0, 0.05) is 12.8 Å². The van der Waals surface area contributed by atoms with Crippen LogP contribution in [-0.2, 0) is 32.7 Å². The van der Waals surface area contributed by atoms with Crippen molar-refractivity contribution in [2.24, 2.45) is 5.92 Å². The van der Waals surface area contributed by atoms with Gasteiger partial charge in [-0.25, -0.2) is 4.57 Å². The highest BCUT2D eigenvalue weighted by molar-refractivity contribution is 7.47. The highest BCUT2D eigenvalue weighted by atomic mass is 31.2. The van der Waals surface area contributed by atoms with Crippen LogP contribution in [0.25, 0.3) is 0 Å². The Morgan fingerprint density at radius 2 is 1.09 bits per heavy atom. The number of hydrogen-bond acceptors (Lipinski definition) is 10. The van der Waals surface area contributed by atoms with Gasteiger partial charge in [0.1, 0.15) is 12.7 Å². The fraction of sp³-hybridized carbons (Fsp3) is 0.736. The summed E-state index contributed by atoms with van der Waals surface area (Å²) in [5, 5.41) is 28.6. The fourth-order valence-electron chi connectivity index (χ4n) is 6.73. The Kier molecular flexibility index (Phi) is 44.6. The second-order valence-corrected chi connectivity index (χ2v) is 18.7. The Morgan fingerprint density at radius 3 is 1.63 bits per heavy atom. The summed E-state index contributed by atoms with van der Waals surface area (Å²) in [6, 6.07) is 0. The summed E-state index contributed by atoms with van der Waals surface area (Å²) in [5.41, 5.74) is 0. The number of allylic oxidation sites excluding steroid dienone is 10. The number of rotatable bonds is 46. The number of hydrogen-bond donors (Lipinski definition) is 4. The molecule has 65 heavy (non-hydrogen) atoms. The minimum Gasteiger partial charge on any atom is -0.462 e. The zero-order chi connectivity index (χ0) is 47.9. The van der Waals surface area contributed by atoms with Gasteiger partial charge in [0.05, 0.1) is 25.9 Å². The van der Waals surface area contributed by atoms with Crippen molar-refractivity contribution in [3.05, 3.63) is 72.9 Å². The molecule has 0 radical (unpaired) electrons. The molecule has 12 heteroatoms. The Labute approximate surface area is 395 Å². The molecule has 3 unspecified atom stereocenters. The molecule has 0 saturated carbocycles. The van der Waals surface area contributed by atoms with Crippen molar-refractivity contribution in [1.29, 1.82) is 0 Å². The average Bonchev–Trinajstić information content (AvgIpc) is 3.29. The lowest BCUT2D eigenvalue weighted by Gasteiger charge is -2.20. The minimum atomic E-state index is -4.67. The molecule has 0 bridgehead atoms. The van der Waals surface area contributed by atoms with Crippen molar-refractivity contribution >= 4 is 19.8 Å². The van der Waals surface area contributed by atoms with Crippen LogP contribution in [0.5, 0.6) is 0 Å². The van der Waals surface area contributed by atoms with Crippen molar-refractivity contribution in [1.82, 2.24) is 0 Å². The Hall–Kier alpha value is -2.63. The number of phosphoric ester groups is 1. The van der Waals surface area contributed by atoms with Gasteiger partial charge in [-0.2, -0.15) is 0 Å². The number of unbranched alkanes of at least 4 members (excludes halogenated alkanes) is 17. The van der Waals surface area contributed by atoms with Crippen LogP contribution in [0, 0.1) is 5.92 Å². The lowest BCUT2D eigenvalue weighted by molar-refractivity contribution is -0.161. The quantitative estimate of drug-likeness (QED) is 0.0151. The molecule has 11 nitrogen and oxygen atoms in total. The Bertz CT molecular complexity index is 1340. The van der Waals surface area contributed by atoms with Gasteiger partial charge in [0.15, 0.2) is 6.10 Å². The molecule has 5 atom stereocenters. The van der Waals surface area contributed by atoms with Crippen LogP contribution >= 0.6 is 7.82 Å². The third-order valence-corrected chi connectivity index (χ3v) is 12.0.